The van der Waals surface area contributed by atoms with Crippen LogP contribution in [-0.4, -0.2) is 76.5 Å². The molecule has 15 heteroatoms. The van der Waals surface area contributed by atoms with Crippen LogP contribution in [0.15, 0.2) is 23.6 Å². The van der Waals surface area contributed by atoms with Gasteiger partial charge < -0.3 is 15.0 Å². The van der Waals surface area contributed by atoms with Crippen molar-refractivity contribution in [1.82, 2.24) is 24.8 Å². The van der Waals surface area contributed by atoms with Crippen molar-refractivity contribution in [1.29, 1.82) is 0 Å². The number of sulfonamides is 1. The molecule has 1 saturated heterocycles. The maximum Gasteiger partial charge on any atom is 0.410 e. The molecule has 3 heterocycles. The van der Waals surface area contributed by atoms with Crippen LogP contribution in [0.3, 0.4) is 0 Å². The molecule has 0 unspecified atom stereocenters. The number of halogens is 1. The van der Waals surface area contributed by atoms with Gasteiger partial charge in [0.15, 0.2) is 0 Å². The monoisotopic (exact) mass is 747 g/mol. The molecule has 12 nitrogen and oxygen atoms in total. The van der Waals surface area contributed by atoms with Gasteiger partial charge in [0.25, 0.3) is 5.91 Å². The lowest BCUT2D eigenvalue weighted by molar-refractivity contribution is -0.143. The molecule has 0 bridgehead atoms. The van der Waals surface area contributed by atoms with E-state index in [0.717, 1.165) is 21.8 Å². The number of ether oxygens (including phenoxy) is 1. The lowest BCUT2D eigenvalue weighted by Gasteiger charge is -2.30. The summed E-state index contributed by atoms with van der Waals surface area (Å²) in [5.41, 5.74) is 1.35. The predicted octanol–water partition coefficient (Wildman–Crippen LogP) is 4.75. The molecule has 0 radical (unpaired) electrons. The molecule has 50 heavy (non-hydrogen) atoms. The van der Waals surface area contributed by atoms with Crippen molar-refractivity contribution in [2.45, 2.75) is 115 Å². The summed E-state index contributed by atoms with van der Waals surface area (Å²) in [6.07, 6.45) is 0.872. The zero-order valence-corrected chi connectivity index (χ0v) is 31.5. The third-order valence-electron chi connectivity index (χ3n) is 10.5. The fourth-order valence-corrected chi connectivity index (χ4v) is 9.72. The molecular weight excluding hydrogens is 702 g/mol. The third-order valence-corrected chi connectivity index (χ3v) is 13.6. The highest BCUT2D eigenvalue weighted by Gasteiger charge is 2.62. The highest BCUT2D eigenvalue weighted by molar-refractivity contribution is 7.91. The molecule has 4 aliphatic rings. The summed E-state index contributed by atoms with van der Waals surface area (Å²) in [6.45, 7) is 10.5. The van der Waals surface area contributed by atoms with Crippen molar-refractivity contribution in [2.24, 2.45) is 17.8 Å². The van der Waals surface area contributed by atoms with Gasteiger partial charge in [-0.15, -0.1) is 11.3 Å². The number of aromatic nitrogens is 1. The second-order valence-electron chi connectivity index (χ2n) is 14.8. The maximum absolute atomic E-state index is 14.4. The van der Waals surface area contributed by atoms with Crippen LogP contribution in [0, 0.1) is 17.8 Å². The molecule has 2 aliphatic carbocycles. The minimum Gasteiger partial charge on any atom is -0.444 e. The summed E-state index contributed by atoms with van der Waals surface area (Å²) in [7, 11) is -3.84. The van der Waals surface area contributed by atoms with Gasteiger partial charge in [0.1, 0.15) is 17.7 Å². The molecule has 1 aromatic carbocycles. The van der Waals surface area contributed by atoms with E-state index in [1.54, 1.807) is 6.07 Å². The number of nitrogens with one attached hydrogen (secondary N) is 2. The first kappa shape index (κ1) is 36.6. The molecule has 1 aromatic heterocycles. The number of fused-ring (bicyclic) bond motifs is 1. The Hall–Kier alpha value is -3.23. The van der Waals surface area contributed by atoms with Crippen LogP contribution >= 0.6 is 22.9 Å². The van der Waals surface area contributed by atoms with Gasteiger partial charge in [-0.3, -0.25) is 24.0 Å². The van der Waals surface area contributed by atoms with E-state index in [-0.39, 0.29) is 49.6 Å². The summed E-state index contributed by atoms with van der Waals surface area (Å²) in [4.78, 5) is 63.2. The first-order chi connectivity index (χ1) is 23.6. The quantitative estimate of drug-likeness (QED) is 0.316. The number of benzene rings is 1. The van der Waals surface area contributed by atoms with Crippen LogP contribution < -0.4 is 10.0 Å². The van der Waals surface area contributed by atoms with Crippen LogP contribution in [-0.2, 0) is 48.7 Å². The smallest absolute Gasteiger partial charge is 0.410 e. The van der Waals surface area contributed by atoms with Crippen molar-refractivity contribution in [3.8, 4) is 0 Å². The number of carbonyl (C=O) groups is 4. The predicted molar refractivity (Wildman–Crippen MR) is 189 cm³/mol. The topological polar surface area (TPSA) is 155 Å². The van der Waals surface area contributed by atoms with E-state index in [2.05, 4.69) is 23.9 Å². The standard InChI is InChI=1S/C35H46ClN5O7S2/c1-6-22-14-35(22,33(44)39-50(46,47)24-10-11-24)38-31(42)29-12-23(48-34(45)40-15-21-8-7-9-27(36)26(21)17-40)16-41(29)32(43)25(19(2)3)13-30-37-28(18-49-30)20(4)5/h7-9,18-20,22-25,29H,6,10-17H2,1-5H3,(H,38,42)(H,39,44)/t22-,23-,25+,29+,35-/m1/s1. The maximum atomic E-state index is 14.4. The molecule has 4 amide bonds. The van der Waals surface area contributed by atoms with Crippen LogP contribution in [0.5, 0.6) is 0 Å². The number of hydrogen-bond donors (Lipinski definition) is 2. The summed E-state index contributed by atoms with van der Waals surface area (Å²) in [5.74, 6) is -2.21. The van der Waals surface area contributed by atoms with Crippen molar-refractivity contribution < 1.29 is 32.3 Å². The van der Waals surface area contributed by atoms with Gasteiger partial charge in [0.2, 0.25) is 21.8 Å². The molecule has 0 spiro atoms. The number of nitrogens with zero attached hydrogens (tertiary/aromatic N) is 3. The number of amides is 4. The summed E-state index contributed by atoms with van der Waals surface area (Å²) >= 11 is 7.87. The first-order valence-corrected chi connectivity index (χ1v) is 20.3. The van der Waals surface area contributed by atoms with Crippen LogP contribution in [0.4, 0.5) is 4.79 Å². The first-order valence-electron chi connectivity index (χ1n) is 17.5. The molecule has 2 aliphatic heterocycles. The summed E-state index contributed by atoms with van der Waals surface area (Å²) < 4.78 is 33.5. The molecule has 272 valence electrons. The molecule has 2 saturated carbocycles. The Bertz CT molecular complexity index is 1780. The van der Waals surface area contributed by atoms with Crippen LogP contribution in [0.25, 0.3) is 0 Å². The van der Waals surface area contributed by atoms with Gasteiger partial charge >= 0.3 is 6.09 Å². The minimum atomic E-state index is -3.84. The molecule has 2 aromatic rings. The highest BCUT2D eigenvalue weighted by Crippen LogP contribution is 2.47. The van der Waals surface area contributed by atoms with E-state index in [0.29, 0.717) is 37.3 Å². The zero-order chi connectivity index (χ0) is 36.1. The minimum absolute atomic E-state index is 0.00496. The van der Waals surface area contributed by atoms with Crippen molar-refractivity contribution >= 4 is 56.8 Å². The Morgan fingerprint density at radius 2 is 1.88 bits per heavy atom. The molecule has 2 N–H and O–H groups in total. The SMILES string of the molecule is CC[C@@H]1C[C@]1(NC(=O)[C@@H]1C[C@@H](OC(=O)N2Cc3cccc(Cl)c3C2)CN1C(=O)[C@@H](Cc1nc(C(C)C)cs1)C(C)C)C(=O)NS(=O)(=O)C1CC1. The van der Waals surface area contributed by atoms with Gasteiger partial charge in [0.05, 0.1) is 29.0 Å². The fraction of sp³-hybridized carbons (Fsp3) is 0.629. The van der Waals surface area contributed by atoms with E-state index in [4.69, 9.17) is 21.3 Å². The largest absolute Gasteiger partial charge is 0.444 e. The van der Waals surface area contributed by atoms with Crippen molar-refractivity contribution in [3.63, 3.8) is 0 Å². The van der Waals surface area contributed by atoms with Crippen LogP contribution in [0.1, 0.15) is 94.5 Å². The molecule has 6 rings (SSSR count). The number of hydrogen-bond acceptors (Lipinski definition) is 9. The van der Waals surface area contributed by atoms with Gasteiger partial charge in [-0.25, -0.2) is 18.2 Å². The van der Waals surface area contributed by atoms with Gasteiger partial charge in [-0.2, -0.15) is 0 Å². The Kier molecular flexibility index (Phi) is 10.3. The lowest BCUT2D eigenvalue weighted by Crippen LogP contribution is -2.57. The average molecular weight is 748 g/mol. The fourth-order valence-electron chi connectivity index (χ4n) is 7.09. The van der Waals surface area contributed by atoms with E-state index < -0.39 is 56.8 Å². The van der Waals surface area contributed by atoms with Crippen molar-refractivity contribution in [2.75, 3.05) is 6.54 Å². The Labute approximate surface area is 302 Å². The van der Waals surface area contributed by atoms with Gasteiger partial charge in [-0.05, 0) is 54.2 Å². The Balaban J connectivity index is 1.22. The van der Waals surface area contributed by atoms with E-state index >= 15 is 0 Å². The number of likely N-dealkylation sites (tertiary alicyclic amines) is 1. The average Bonchev–Trinajstić information content (AvgIpc) is 3.86. The molecular formula is C35H46ClN5O7S2. The van der Waals surface area contributed by atoms with E-state index in [9.17, 15) is 27.6 Å². The summed E-state index contributed by atoms with van der Waals surface area (Å²) in [5, 5.41) is 5.67. The highest BCUT2D eigenvalue weighted by atomic mass is 35.5. The Morgan fingerprint density at radius 1 is 1.14 bits per heavy atom. The normalized spacial score (nSPS) is 25.1. The summed E-state index contributed by atoms with van der Waals surface area (Å²) in [6, 6.07) is 4.47. The second-order valence-corrected chi connectivity index (χ2v) is 18.1. The van der Waals surface area contributed by atoms with E-state index in [1.807, 2.05) is 38.3 Å². The zero-order valence-electron chi connectivity index (χ0n) is 29.1. The number of carbonyl (C=O) groups excluding carboxylic acids is 4. The third kappa shape index (κ3) is 7.38. The van der Waals surface area contributed by atoms with E-state index in [1.165, 1.54) is 21.1 Å². The van der Waals surface area contributed by atoms with Crippen LogP contribution in [0.2, 0.25) is 5.02 Å². The number of rotatable bonds is 12. The Morgan fingerprint density at radius 3 is 2.48 bits per heavy atom. The lowest BCUT2D eigenvalue weighted by atomic mass is 9.91. The van der Waals surface area contributed by atoms with Gasteiger partial charge in [0, 0.05) is 35.7 Å². The second kappa shape index (κ2) is 14.1. The van der Waals surface area contributed by atoms with Gasteiger partial charge in [-0.1, -0.05) is 64.8 Å². The molecule has 5 atom stereocenters. The molecule has 3 fully saturated rings. The van der Waals surface area contributed by atoms with Crippen molar-refractivity contribution in [3.05, 3.63) is 50.4 Å². The number of thiazole rings is 1.